The summed E-state index contributed by atoms with van der Waals surface area (Å²) in [6.45, 7) is 0. The van der Waals surface area contributed by atoms with Crippen LogP contribution in [0, 0.1) is 11.8 Å². The third kappa shape index (κ3) is 2.61. The zero-order chi connectivity index (χ0) is 9.84. The number of amides is 1. The van der Waals surface area contributed by atoms with Gasteiger partial charge in [0.2, 0.25) is 0 Å². The maximum atomic E-state index is 10.3. The van der Waals surface area contributed by atoms with Crippen LogP contribution >= 0.6 is 11.6 Å². The van der Waals surface area contributed by atoms with Gasteiger partial charge in [-0.2, -0.15) is 0 Å². The van der Waals surface area contributed by atoms with E-state index in [0.29, 0.717) is 0 Å². The fraction of sp³-hybridized carbons (Fsp3) is 0. The summed E-state index contributed by atoms with van der Waals surface area (Å²) in [6, 6.07) is 0. The Labute approximate surface area is 79.1 Å². The fourth-order valence-corrected chi connectivity index (χ4v) is 0.723. The Morgan fingerprint density at radius 1 is 1.62 bits per heavy atom. The second-order valence-corrected chi connectivity index (χ2v) is 2.43. The Morgan fingerprint density at radius 3 is 2.92 bits per heavy atom. The molecule has 1 heterocycles. The molecule has 13 heavy (non-hydrogen) atoms. The minimum atomic E-state index is -0.763. The zero-order valence-electron chi connectivity index (χ0n) is 6.41. The average Bonchev–Trinajstić information content (AvgIpc) is 2.06. The summed E-state index contributed by atoms with van der Waals surface area (Å²) in [7, 11) is 0. The van der Waals surface area contributed by atoms with Crippen molar-refractivity contribution in [1.82, 2.24) is 9.97 Å². The maximum absolute atomic E-state index is 10.3. The Balaban J connectivity index is 3.09. The minimum Gasteiger partial charge on any atom is -0.381 e. The summed E-state index contributed by atoms with van der Waals surface area (Å²) in [4.78, 5) is 17.7. The number of carbonyl (C=O) groups excluding carboxylic acids is 1. The summed E-state index contributed by atoms with van der Waals surface area (Å²) in [6.07, 6.45) is 1.28. The third-order valence-corrected chi connectivity index (χ3v) is 1.26. The molecule has 0 bridgehead atoms. The number of aromatic nitrogens is 2. The van der Waals surface area contributed by atoms with Crippen LogP contribution < -0.4 is 11.5 Å². The van der Waals surface area contributed by atoms with Gasteiger partial charge in [-0.15, -0.1) is 0 Å². The summed E-state index contributed by atoms with van der Waals surface area (Å²) in [5.74, 6) is 3.77. The van der Waals surface area contributed by atoms with E-state index >= 15 is 0 Å². The summed E-state index contributed by atoms with van der Waals surface area (Å²) in [5, 5.41) is 0.156. The molecule has 5 nitrogen and oxygen atoms in total. The van der Waals surface area contributed by atoms with Gasteiger partial charge >= 0.3 is 0 Å². The van der Waals surface area contributed by atoms with Gasteiger partial charge in [-0.3, -0.25) is 4.79 Å². The van der Waals surface area contributed by atoms with Gasteiger partial charge < -0.3 is 11.5 Å². The normalized spacial score (nSPS) is 8.69. The molecule has 0 atom stereocenters. The van der Waals surface area contributed by atoms with Crippen molar-refractivity contribution in [2.24, 2.45) is 5.73 Å². The van der Waals surface area contributed by atoms with Gasteiger partial charge in [0.15, 0.2) is 11.5 Å². The molecule has 1 aromatic rings. The summed E-state index contributed by atoms with van der Waals surface area (Å²) < 4.78 is 0. The van der Waals surface area contributed by atoms with Crippen LogP contribution in [-0.4, -0.2) is 15.9 Å². The van der Waals surface area contributed by atoms with E-state index in [1.54, 1.807) is 0 Å². The first-order chi connectivity index (χ1) is 6.09. The number of anilines is 1. The zero-order valence-corrected chi connectivity index (χ0v) is 7.17. The SMILES string of the molecule is NC(=O)C#Cc1nc(Cl)cnc1N. The second-order valence-electron chi connectivity index (χ2n) is 2.04. The highest BCUT2D eigenvalue weighted by molar-refractivity contribution is 6.29. The second kappa shape index (κ2) is 3.74. The Kier molecular flexibility index (Phi) is 2.67. The minimum absolute atomic E-state index is 0.109. The van der Waals surface area contributed by atoms with E-state index in [4.69, 9.17) is 23.1 Å². The molecule has 0 aliphatic heterocycles. The Morgan fingerprint density at radius 2 is 2.31 bits per heavy atom. The molecule has 1 aromatic heterocycles. The van der Waals surface area contributed by atoms with Crippen molar-refractivity contribution in [2.45, 2.75) is 0 Å². The lowest BCUT2D eigenvalue weighted by Crippen LogP contribution is -2.06. The lowest BCUT2D eigenvalue weighted by atomic mass is 10.4. The van der Waals surface area contributed by atoms with Gasteiger partial charge in [-0.1, -0.05) is 11.6 Å². The van der Waals surface area contributed by atoms with Crippen LogP contribution in [0.3, 0.4) is 0 Å². The van der Waals surface area contributed by atoms with Crippen molar-refractivity contribution in [3.05, 3.63) is 17.0 Å². The Bertz CT molecular complexity index is 407. The van der Waals surface area contributed by atoms with Crippen LogP contribution in [-0.2, 0) is 4.79 Å². The molecule has 0 aromatic carbocycles. The van der Waals surface area contributed by atoms with Gasteiger partial charge in [0.1, 0.15) is 5.15 Å². The van der Waals surface area contributed by atoms with E-state index in [-0.39, 0.29) is 16.7 Å². The Hall–Kier alpha value is -1.80. The van der Waals surface area contributed by atoms with Crippen molar-refractivity contribution in [1.29, 1.82) is 0 Å². The average molecular weight is 197 g/mol. The number of rotatable bonds is 0. The number of primary amides is 1. The van der Waals surface area contributed by atoms with Crippen LogP contribution in [0.15, 0.2) is 6.20 Å². The quantitative estimate of drug-likeness (QED) is 0.550. The van der Waals surface area contributed by atoms with E-state index in [0.717, 1.165) is 0 Å². The van der Waals surface area contributed by atoms with Crippen LogP contribution in [0.4, 0.5) is 5.82 Å². The maximum Gasteiger partial charge on any atom is 0.293 e. The van der Waals surface area contributed by atoms with Crippen molar-refractivity contribution in [3.8, 4) is 11.8 Å². The first-order valence-corrected chi connectivity index (χ1v) is 3.57. The topological polar surface area (TPSA) is 94.9 Å². The number of nitrogen functional groups attached to an aromatic ring is 1. The van der Waals surface area contributed by atoms with Gasteiger partial charge in [-0.05, 0) is 5.92 Å². The molecular formula is C7H5ClN4O. The molecule has 0 spiro atoms. The standard InChI is InChI=1S/C7H5ClN4O/c8-5-3-11-7(10)4(12-5)1-2-6(9)13/h3H,(H2,9,13)(H2,10,11). The number of hydrogen-bond acceptors (Lipinski definition) is 4. The molecule has 0 saturated carbocycles. The molecule has 0 radical (unpaired) electrons. The predicted octanol–water partition coefficient (Wildman–Crippen LogP) is -0.451. The number of carbonyl (C=O) groups is 1. The van der Waals surface area contributed by atoms with Gasteiger partial charge in [0.25, 0.3) is 5.91 Å². The van der Waals surface area contributed by atoms with E-state index in [1.165, 1.54) is 6.20 Å². The smallest absolute Gasteiger partial charge is 0.293 e. The van der Waals surface area contributed by atoms with Crippen molar-refractivity contribution < 1.29 is 4.79 Å². The van der Waals surface area contributed by atoms with E-state index in [1.807, 2.05) is 0 Å². The van der Waals surface area contributed by atoms with Crippen LogP contribution in [0.25, 0.3) is 0 Å². The van der Waals surface area contributed by atoms with E-state index in [9.17, 15) is 4.79 Å². The van der Waals surface area contributed by atoms with E-state index in [2.05, 4.69) is 21.8 Å². The van der Waals surface area contributed by atoms with Crippen LogP contribution in [0.2, 0.25) is 5.15 Å². The van der Waals surface area contributed by atoms with Crippen LogP contribution in [0.5, 0.6) is 0 Å². The molecule has 1 rings (SSSR count). The summed E-state index contributed by atoms with van der Waals surface area (Å²) in [5.41, 5.74) is 10.3. The molecule has 1 amide bonds. The van der Waals surface area contributed by atoms with Crippen LogP contribution in [0.1, 0.15) is 5.69 Å². The molecule has 66 valence electrons. The van der Waals surface area contributed by atoms with Gasteiger partial charge in [-0.25, -0.2) is 9.97 Å². The van der Waals surface area contributed by atoms with E-state index < -0.39 is 5.91 Å². The largest absolute Gasteiger partial charge is 0.381 e. The number of nitrogens with two attached hydrogens (primary N) is 2. The highest BCUT2D eigenvalue weighted by Gasteiger charge is 1.99. The van der Waals surface area contributed by atoms with Crippen molar-refractivity contribution in [3.63, 3.8) is 0 Å². The predicted molar refractivity (Wildman–Crippen MR) is 47.5 cm³/mol. The monoisotopic (exact) mass is 196 g/mol. The lowest BCUT2D eigenvalue weighted by Gasteiger charge is -1.94. The third-order valence-electron chi connectivity index (χ3n) is 1.08. The van der Waals surface area contributed by atoms with Gasteiger partial charge in [0, 0.05) is 5.92 Å². The molecule has 0 saturated heterocycles. The molecule has 6 heteroatoms. The highest BCUT2D eigenvalue weighted by Crippen LogP contribution is 2.07. The number of nitrogens with zero attached hydrogens (tertiary/aromatic N) is 2. The van der Waals surface area contributed by atoms with Gasteiger partial charge in [0.05, 0.1) is 6.20 Å². The first kappa shape index (κ1) is 9.29. The first-order valence-electron chi connectivity index (χ1n) is 3.19. The molecule has 0 unspecified atom stereocenters. The summed E-state index contributed by atoms with van der Waals surface area (Å²) >= 11 is 5.52. The molecule has 0 aliphatic rings. The van der Waals surface area contributed by atoms with Crippen molar-refractivity contribution in [2.75, 3.05) is 5.73 Å². The number of hydrogen-bond donors (Lipinski definition) is 2. The fourth-order valence-electron chi connectivity index (χ4n) is 0.590. The molecule has 0 fully saturated rings. The van der Waals surface area contributed by atoms with Crippen molar-refractivity contribution >= 4 is 23.3 Å². The number of halogens is 1. The molecule has 0 aliphatic carbocycles. The highest BCUT2D eigenvalue weighted by atomic mass is 35.5. The molecule has 4 N–H and O–H groups in total. The molecular weight excluding hydrogens is 192 g/mol. The lowest BCUT2D eigenvalue weighted by molar-refractivity contribution is -0.112.